The van der Waals surface area contributed by atoms with Crippen molar-refractivity contribution in [2.24, 2.45) is 10.9 Å². The molecule has 1 aromatic rings. The van der Waals surface area contributed by atoms with Gasteiger partial charge in [0.05, 0.1) is 0 Å². The molecule has 2 rings (SSSR count). The van der Waals surface area contributed by atoms with Gasteiger partial charge in [-0.1, -0.05) is 5.16 Å². The van der Waals surface area contributed by atoms with E-state index in [1.165, 1.54) is 6.20 Å². The third-order valence-corrected chi connectivity index (χ3v) is 4.40. The molecule has 0 aromatic carbocycles. The van der Waals surface area contributed by atoms with E-state index in [1.807, 2.05) is 16.7 Å². The maximum absolute atomic E-state index is 12.4. The number of rotatable bonds is 2. The number of hydrogen-bond acceptors (Lipinski definition) is 5. The first-order valence-corrected chi connectivity index (χ1v) is 7.29. The highest BCUT2D eigenvalue weighted by Crippen LogP contribution is 2.29. The Labute approximate surface area is 122 Å². The van der Waals surface area contributed by atoms with E-state index in [4.69, 9.17) is 10.9 Å². The summed E-state index contributed by atoms with van der Waals surface area (Å²) in [4.78, 5) is 18.3. The molecule has 20 heavy (non-hydrogen) atoms. The van der Waals surface area contributed by atoms with Crippen LogP contribution in [0.1, 0.15) is 29.9 Å². The Morgan fingerprint density at radius 2 is 2.30 bits per heavy atom. The van der Waals surface area contributed by atoms with E-state index in [-0.39, 0.29) is 16.5 Å². The minimum absolute atomic E-state index is 0.0213. The van der Waals surface area contributed by atoms with Gasteiger partial charge in [0, 0.05) is 35.3 Å². The molecule has 6 nitrogen and oxygen atoms in total. The van der Waals surface area contributed by atoms with Crippen LogP contribution in [-0.4, -0.2) is 50.4 Å². The van der Waals surface area contributed by atoms with E-state index in [0.717, 1.165) is 12.3 Å². The summed E-state index contributed by atoms with van der Waals surface area (Å²) >= 11 is 1.87. The van der Waals surface area contributed by atoms with Gasteiger partial charge in [0.1, 0.15) is 5.69 Å². The monoisotopic (exact) mass is 294 g/mol. The summed E-state index contributed by atoms with van der Waals surface area (Å²) < 4.78 is 0.0713. The lowest BCUT2D eigenvalue weighted by Crippen LogP contribution is -2.46. The normalized spacial score (nSPS) is 18.9. The summed E-state index contributed by atoms with van der Waals surface area (Å²) in [5.41, 5.74) is 6.32. The maximum Gasteiger partial charge on any atom is 0.272 e. The van der Waals surface area contributed by atoms with Crippen LogP contribution in [0.4, 0.5) is 0 Å². The number of amidine groups is 1. The summed E-state index contributed by atoms with van der Waals surface area (Å²) in [7, 11) is 0. The number of pyridine rings is 1. The Balaban J connectivity index is 2.13. The molecule has 3 N–H and O–H groups in total. The zero-order valence-electron chi connectivity index (χ0n) is 11.5. The molecule has 1 aromatic heterocycles. The Morgan fingerprint density at radius 1 is 1.55 bits per heavy atom. The average molecular weight is 294 g/mol. The van der Waals surface area contributed by atoms with Gasteiger partial charge in [-0.15, -0.1) is 0 Å². The number of nitrogens with two attached hydrogens (primary N) is 1. The highest BCUT2D eigenvalue weighted by molar-refractivity contribution is 8.00. The zero-order chi connectivity index (χ0) is 14.8. The lowest BCUT2D eigenvalue weighted by Gasteiger charge is -2.37. The van der Waals surface area contributed by atoms with E-state index < -0.39 is 0 Å². The molecule has 2 heterocycles. The average Bonchev–Trinajstić information content (AvgIpc) is 2.45. The minimum atomic E-state index is -0.0792. The molecule has 0 unspecified atom stereocenters. The Bertz CT molecular complexity index is 528. The number of nitrogens with zero attached hydrogens (tertiary/aromatic N) is 3. The first-order valence-electron chi connectivity index (χ1n) is 6.30. The van der Waals surface area contributed by atoms with Gasteiger partial charge >= 0.3 is 0 Å². The van der Waals surface area contributed by atoms with Crippen LogP contribution >= 0.6 is 11.8 Å². The van der Waals surface area contributed by atoms with Crippen molar-refractivity contribution in [3.05, 3.63) is 29.6 Å². The topological polar surface area (TPSA) is 91.8 Å². The molecule has 0 bridgehead atoms. The first kappa shape index (κ1) is 14.6. The summed E-state index contributed by atoms with van der Waals surface area (Å²) in [6.07, 6.45) is 1.44. The SMILES string of the molecule is CC1(C)CN(C(=O)c2ccc(/C(N)=N/O)cn2)CCS1. The number of hydrogen-bond donors (Lipinski definition) is 2. The molecule has 1 fully saturated rings. The number of oxime groups is 1. The van der Waals surface area contributed by atoms with Crippen LogP contribution < -0.4 is 5.73 Å². The Hall–Kier alpha value is -1.76. The van der Waals surface area contributed by atoms with Gasteiger partial charge in [0.2, 0.25) is 0 Å². The van der Waals surface area contributed by atoms with Crippen molar-refractivity contribution in [1.29, 1.82) is 0 Å². The largest absolute Gasteiger partial charge is 0.409 e. The zero-order valence-corrected chi connectivity index (χ0v) is 12.4. The highest BCUT2D eigenvalue weighted by atomic mass is 32.2. The van der Waals surface area contributed by atoms with E-state index in [2.05, 4.69) is 24.0 Å². The van der Waals surface area contributed by atoms with Crippen LogP contribution in [0.3, 0.4) is 0 Å². The third kappa shape index (κ3) is 3.22. The fraction of sp³-hybridized carbons (Fsp3) is 0.462. The van der Waals surface area contributed by atoms with Crippen molar-refractivity contribution < 1.29 is 10.0 Å². The lowest BCUT2D eigenvalue weighted by atomic mass is 10.1. The summed E-state index contributed by atoms with van der Waals surface area (Å²) in [6, 6.07) is 3.23. The van der Waals surface area contributed by atoms with Crippen molar-refractivity contribution in [2.75, 3.05) is 18.8 Å². The van der Waals surface area contributed by atoms with Gasteiger partial charge in [-0.2, -0.15) is 11.8 Å². The second kappa shape index (κ2) is 5.70. The van der Waals surface area contributed by atoms with Crippen molar-refractivity contribution in [1.82, 2.24) is 9.88 Å². The molecule has 108 valence electrons. The molecule has 0 aliphatic carbocycles. The predicted octanol–water partition coefficient (Wildman–Crippen LogP) is 1.14. The standard InChI is InChI=1S/C13H18N4O2S/c1-13(2)8-17(5-6-20-13)12(18)10-4-3-9(7-15-10)11(14)16-19/h3-4,7,19H,5-6,8H2,1-2H3,(H2,14,16). The smallest absolute Gasteiger partial charge is 0.272 e. The molecule has 0 spiro atoms. The van der Waals surface area contributed by atoms with Crippen LogP contribution in [-0.2, 0) is 0 Å². The molecule has 0 atom stereocenters. The summed E-state index contributed by atoms with van der Waals surface area (Å²) in [6.45, 7) is 5.70. The van der Waals surface area contributed by atoms with Crippen LogP contribution in [0.2, 0.25) is 0 Å². The number of carbonyl (C=O) groups is 1. The number of aromatic nitrogens is 1. The minimum Gasteiger partial charge on any atom is -0.409 e. The highest BCUT2D eigenvalue weighted by Gasteiger charge is 2.30. The second-order valence-electron chi connectivity index (χ2n) is 5.25. The Kier molecular flexibility index (Phi) is 4.17. The molecule has 1 amide bonds. The van der Waals surface area contributed by atoms with E-state index in [9.17, 15) is 4.79 Å². The van der Waals surface area contributed by atoms with Gasteiger partial charge in [0.15, 0.2) is 5.84 Å². The summed E-state index contributed by atoms with van der Waals surface area (Å²) in [5.74, 6) is 0.831. The second-order valence-corrected chi connectivity index (χ2v) is 7.05. The Morgan fingerprint density at radius 3 is 2.85 bits per heavy atom. The lowest BCUT2D eigenvalue weighted by molar-refractivity contribution is 0.0742. The summed E-state index contributed by atoms with van der Waals surface area (Å²) in [5, 5.41) is 11.5. The quantitative estimate of drug-likeness (QED) is 0.369. The molecule has 1 aliphatic rings. The van der Waals surface area contributed by atoms with Crippen molar-refractivity contribution in [3.8, 4) is 0 Å². The van der Waals surface area contributed by atoms with Crippen LogP contribution in [0.25, 0.3) is 0 Å². The first-order chi connectivity index (χ1) is 9.43. The molecular formula is C13H18N4O2S. The van der Waals surface area contributed by atoms with Crippen LogP contribution in [0.15, 0.2) is 23.5 Å². The predicted molar refractivity (Wildman–Crippen MR) is 79.2 cm³/mol. The number of thioether (sulfide) groups is 1. The molecular weight excluding hydrogens is 276 g/mol. The van der Waals surface area contributed by atoms with E-state index >= 15 is 0 Å². The van der Waals surface area contributed by atoms with E-state index in [1.54, 1.807) is 12.1 Å². The van der Waals surface area contributed by atoms with Crippen molar-refractivity contribution in [3.63, 3.8) is 0 Å². The van der Waals surface area contributed by atoms with Crippen molar-refractivity contribution in [2.45, 2.75) is 18.6 Å². The molecule has 1 saturated heterocycles. The van der Waals surface area contributed by atoms with Gasteiger partial charge in [-0.05, 0) is 26.0 Å². The van der Waals surface area contributed by atoms with Gasteiger partial charge in [-0.3, -0.25) is 9.78 Å². The molecule has 1 aliphatic heterocycles. The number of carbonyl (C=O) groups excluding carboxylic acids is 1. The van der Waals surface area contributed by atoms with Crippen LogP contribution in [0.5, 0.6) is 0 Å². The maximum atomic E-state index is 12.4. The number of amides is 1. The fourth-order valence-corrected chi connectivity index (χ4v) is 3.19. The third-order valence-electron chi connectivity index (χ3n) is 3.10. The molecule has 0 radical (unpaired) electrons. The van der Waals surface area contributed by atoms with Gasteiger partial charge in [0.25, 0.3) is 5.91 Å². The van der Waals surface area contributed by atoms with Crippen molar-refractivity contribution >= 4 is 23.5 Å². The molecule has 0 saturated carbocycles. The molecule has 7 heteroatoms. The fourth-order valence-electron chi connectivity index (χ4n) is 2.08. The van der Waals surface area contributed by atoms with Gasteiger partial charge in [-0.25, -0.2) is 0 Å². The van der Waals surface area contributed by atoms with Crippen LogP contribution in [0, 0.1) is 0 Å². The van der Waals surface area contributed by atoms with Gasteiger partial charge < -0.3 is 15.8 Å². The van der Waals surface area contributed by atoms with E-state index in [0.29, 0.717) is 17.8 Å².